The molecule has 2 heteroatoms. The summed E-state index contributed by atoms with van der Waals surface area (Å²) in [6.07, 6.45) is 2.64. The molecule has 0 radical (unpaired) electrons. The molecule has 2 unspecified atom stereocenters. The van der Waals surface area contributed by atoms with Gasteiger partial charge in [0.2, 0.25) is 0 Å². The molecule has 0 saturated heterocycles. The minimum atomic E-state index is -0.279. The van der Waals surface area contributed by atoms with Crippen LogP contribution < -0.4 is 9.80 Å². The van der Waals surface area contributed by atoms with Gasteiger partial charge in [0.15, 0.2) is 0 Å². The first-order valence-corrected chi connectivity index (χ1v) is 23.5. The maximum Gasteiger partial charge on any atom is 0.0543 e. The van der Waals surface area contributed by atoms with Crippen molar-refractivity contribution in [1.82, 2.24) is 0 Å². The lowest BCUT2D eigenvalue weighted by Crippen LogP contribution is -2.31. The van der Waals surface area contributed by atoms with Crippen LogP contribution in [0.3, 0.4) is 0 Å². The van der Waals surface area contributed by atoms with Gasteiger partial charge in [-0.05, 0) is 132 Å². The molecule has 0 bridgehead atoms. The molecule has 10 aromatic carbocycles. The minimum Gasteiger partial charge on any atom is -0.310 e. The molecule has 0 aliphatic heterocycles. The first-order valence-electron chi connectivity index (χ1n) is 23.5. The van der Waals surface area contributed by atoms with Crippen molar-refractivity contribution in [2.24, 2.45) is 5.92 Å². The summed E-state index contributed by atoms with van der Waals surface area (Å²) in [5.74, 6) is 0.451. The predicted octanol–water partition coefficient (Wildman–Crippen LogP) is 17.2. The molecule has 0 spiro atoms. The smallest absolute Gasteiger partial charge is 0.0543 e. The third kappa shape index (κ3) is 5.61. The third-order valence-corrected chi connectivity index (χ3v) is 15.4. The van der Waals surface area contributed by atoms with Crippen LogP contribution in [0, 0.1) is 5.92 Å². The van der Waals surface area contributed by atoms with Crippen LogP contribution in [0.15, 0.2) is 218 Å². The quantitative estimate of drug-likeness (QED) is 0.164. The summed E-state index contributed by atoms with van der Waals surface area (Å²) in [6.45, 7) is 10.0. The molecule has 0 fully saturated rings. The highest BCUT2D eigenvalue weighted by Crippen LogP contribution is 2.65. The van der Waals surface area contributed by atoms with Crippen molar-refractivity contribution in [2.45, 2.75) is 44.4 Å². The molecule has 316 valence electrons. The number of fused-ring (bicyclic) bond motifs is 13. The van der Waals surface area contributed by atoms with Gasteiger partial charge in [0.25, 0.3) is 0 Å². The lowest BCUT2D eigenvalue weighted by molar-refractivity contribution is 0.385. The molecule has 0 amide bonds. The first-order chi connectivity index (χ1) is 32.3. The first kappa shape index (κ1) is 38.8. The number of hydrogen-bond acceptors (Lipinski definition) is 2. The Morgan fingerprint density at radius 1 is 0.394 bits per heavy atom. The lowest BCUT2D eigenvalue weighted by Gasteiger charge is -2.39. The van der Waals surface area contributed by atoms with E-state index in [1.54, 1.807) is 0 Å². The number of hydrogen-bond donors (Lipinski definition) is 0. The van der Waals surface area contributed by atoms with Gasteiger partial charge in [-0.3, -0.25) is 0 Å². The number of para-hydroxylation sites is 2. The topological polar surface area (TPSA) is 6.48 Å². The summed E-state index contributed by atoms with van der Waals surface area (Å²) in [4.78, 5) is 4.99. The minimum absolute atomic E-state index is 0.186. The van der Waals surface area contributed by atoms with E-state index < -0.39 is 0 Å². The van der Waals surface area contributed by atoms with Crippen LogP contribution >= 0.6 is 0 Å². The van der Waals surface area contributed by atoms with Gasteiger partial charge < -0.3 is 9.80 Å². The van der Waals surface area contributed by atoms with Crippen LogP contribution in [0.2, 0.25) is 0 Å². The summed E-state index contributed by atoms with van der Waals surface area (Å²) in [7, 11) is 0. The lowest BCUT2D eigenvalue weighted by atomic mass is 9.68. The van der Waals surface area contributed by atoms with E-state index in [1.165, 1.54) is 93.9 Å². The van der Waals surface area contributed by atoms with Crippen molar-refractivity contribution in [1.29, 1.82) is 0 Å². The predicted molar refractivity (Wildman–Crippen MR) is 279 cm³/mol. The van der Waals surface area contributed by atoms with E-state index >= 15 is 0 Å². The highest BCUT2D eigenvalue weighted by Gasteiger charge is 2.53. The summed E-state index contributed by atoms with van der Waals surface area (Å²) < 4.78 is 0. The Balaban J connectivity index is 1.01. The zero-order chi connectivity index (χ0) is 44.3. The van der Waals surface area contributed by atoms with Crippen LogP contribution in [0.5, 0.6) is 0 Å². The molecule has 2 atom stereocenters. The largest absolute Gasteiger partial charge is 0.310 e. The number of rotatable bonds is 6. The van der Waals surface area contributed by atoms with Gasteiger partial charge in [0, 0.05) is 45.0 Å². The molecule has 13 rings (SSSR count). The molecule has 0 N–H and O–H groups in total. The van der Waals surface area contributed by atoms with E-state index in [-0.39, 0.29) is 22.7 Å². The monoisotopic (exact) mass is 846 g/mol. The standard InChI is InChI=1S/C64H50N2/c1-63(2)55-39-57(65(45-23-7-5-8-24-45)47-33-31-41-19-11-13-21-43(41)37-47)49-27-15-17-29-51(49)59(55)53-35-36-54-60-52-30-18-16-28-50(52)58(40-56(60)64(3,4)62(54)61(53)63)66(46-25-9-6-10-26-46)48-34-32-42-20-12-14-22-44(42)38-48/h5-40,55,59H,1-4H3. The third-order valence-electron chi connectivity index (χ3n) is 15.4. The Labute approximate surface area is 387 Å². The second-order valence-corrected chi connectivity index (χ2v) is 19.7. The van der Waals surface area contributed by atoms with Crippen LogP contribution in [-0.2, 0) is 10.8 Å². The van der Waals surface area contributed by atoms with Gasteiger partial charge in [-0.2, -0.15) is 0 Å². The molecule has 2 nitrogen and oxygen atoms in total. The van der Waals surface area contributed by atoms with Gasteiger partial charge in [-0.1, -0.05) is 191 Å². The zero-order valence-electron chi connectivity index (χ0n) is 37.8. The van der Waals surface area contributed by atoms with Gasteiger partial charge >= 0.3 is 0 Å². The number of anilines is 5. The Bertz CT molecular complexity index is 3620. The molecule has 0 aromatic heterocycles. The fourth-order valence-corrected chi connectivity index (χ4v) is 12.4. The number of allylic oxidation sites excluding steroid dienone is 1. The summed E-state index contributed by atoms with van der Waals surface area (Å²) in [5.41, 5.74) is 17.9. The van der Waals surface area contributed by atoms with E-state index in [0.717, 1.165) is 17.1 Å². The van der Waals surface area contributed by atoms with Crippen molar-refractivity contribution in [2.75, 3.05) is 9.80 Å². The van der Waals surface area contributed by atoms with Gasteiger partial charge in [0.05, 0.1) is 11.4 Å². The van der Waals surface area contributed by atoms with Crippen LogP contribution in [-0.4, -0.2) is 0 Å². The second kappa shape index (κ2) is 14.4. The van der Waals surface area contributed by atoms with Crippen molar-refractivity contribution in [3.8, 4) is 11.1 Å². The molecular weight excluding hydrogens is 797 g/mol. The molecule has 0 saturated carbocycles. The van der Waals surface area contributed by atoms with Gasteiger partial charge in [-0.15, -0.1) is 0 Å². The average molecular weight is 847 g/mol. The molecule has 0 heterocycles. The summed E-state index contributed by atoms with van der Waals surface area (Å²) >= 11 is 0. The Morgan fingerprint density at radius 3 is 1.61 bits per heavy atom. The normalized spacial score (nSPS) is 17.1. The summed E-state index contributed by atoms with van der Waals surface area (Å²) in [6, 6.07) is 79.0. The Hall–Kier alpha value is -7.68. The zero-order valence-corrected chi connectivity index (χ0v) is 37.8. The highest BCUT2D eigenvalue weighted by atomic mass is 15.2. The summed E-state index contributed by atoms with van der Waals surface area (Å²) in [5, 5.41) is 7.52. The van der Waals surface area contributed by atoms with E-state index in [9.17, 15) is 0 Å². The maximum absolute atomic E-state index is 2.64. The van der Waals surface area contributed by atoms with Gasteiger partial charge in [-0.25, -0.2) is 0 Å². The fraction of sp³-hybridized carbons (Fsp3) is 0.125. The van der Waals surface area contributed by atoms with E-state index in [2.05, 4.69) is 256 Å². The maximum atomic E-state index is 2.64. The fourth-order valence-electron chi connectivity index (χ4n) is 12.4. The molecule has 3 aliphatic carbocycles. The SMILES string of the molecule is CC1(C)c2cc(N(c3ccccc3)c3ccc4ccccc4c3)c3ccccc3c2-c2ccc3c(c21)C(C)(C)C1C=C(N(c2ccccc2)c2ccc4ccccc4c2)c2ccccc2C31. The number of nitrogens with zero attached hydrogens (tertiary/aromatic N) is 2. The van der Waals surface area contributed by atoms with Crippen molar-refractivity contribution < 1.29 is 0 Å². The second-order valence-electron chi connectivity index (χ2n) is 19.7. The van der Waals surface area contributed by atoms with Crippen molar-refractivity contribution in [3.05, 3.63) is 252 Å². The Morgan fingerprint density at radius 2 is 0.939 bits per heavy atom. The van der Waals surface area contributed by atoms with E-state index in [1.807, 2.05) is 0 Å². The van der Waals surface area contributed by atoms with Gasteiger partial charge in [0.1, 0.15) is 0 Å². The van der Waals surface area contributed by atoms with Crippen LogP contribution in [0.25, 0.3) is 49.1 Å². The number of benzene rings is 10. The van der Waals surface area contributed by atoms with Crippen molar-refractivity contribution >= 4 is 66.5 Å². The molecule has 66 heavy (non-hydrogen) atoms. The Kier molecular flexibility index (Phi) is 8.46. The van der Waals surface area contributed by atoms with E-state index in [4.69, 9.17) is 0 Å². The molecule has 10 aromatic rings. The highest BCUT2D eigenvalue weighted by molar-refractivity contribution is 6.11. The van der Waals surface area contributed by atoms with Crippen molar-refractivity contribution in [3.63, 3.8) is 0 Å². The molecule has 3 aliphatic rings. The van der Waals surface area contributed by atoms with Crippen LogP contribution in [0.4, 0.5) is 28.4 Å². The van der Waals surface area contributed by atoms with E-state index in [0.29, 0.717) is 0 Å². The average Bonchev–Trinajstić information content (AvgIpc) is 3.73. The molecular formula is C64H50N2. The van der Waals surface area contributed by atoms with Crippen LogP contribution in [0.1, 0.15) is 67.0 Å².